The largest absolute Gasteiger partial charge is 0.508 e. The van der Waals surface area contributed by atoms with Gasteiger partial charge in [-0.2, -0.15) is 13.2 Å². The first-order valence-corrected chi connectivity index (χ1v) is 33.4. The molecule has 486 valence electrons. The Balaban J connectivity index is 0.990. The predicted octanol–water partition coefficient (Wildman–Crippen LogP) is 11.9. The molecule has 8 rings (SSSR count). The number of halogens is 3. The summed E-state index contributed by atoms with van der Waals surface area (Å²) in [5.41, 5.74) is 5.83. The van der Waals surface area contributed by atoms with Crippen molar-refractivity contribution in [1.82, 2.24) is 20.5 Å². The van der Waals surface area contributed by atoms with Crippen molar-refractivity contribution in [3.63, 3.8) is 0 Å². The van der Waals surface area contributed by atoms with Crippen LogP contribution in [0.1, 0.15) is 159 Å². The molecule has 0 aliphatic carbocycles. The van der Waals surface area contributed by atoms with E-state index >= 15 is 0 Å². The van der Waals surface area contributed by atoms with Crippen LogP contribution in [0.25, 0.3) is 21.6 Å². The number of aliphatic carboxylic acids is 1. The first kappa shape index (κ1) is 68.7. The Morgan fingerprint density at radius 3 is 2.04 bits per heavy atom. The second-order valence-electron chi connectivity index (χ2n) is 24.8. The predicted molar refractivity (Wildman–Crippen MR) is 340 cm³/mol. The number of rotatable bonds is 30. The highest BCUT2D eigenvalue weighted by atomic mass is 32.2. The zero-order chi connectivity index (χ0) is 65.1. The molecule has 3 amide bonds. The number of sulfonamides is 1. The van der Waals surface area contributed by atoms with Crippen molar-refractivity contribution in [2.75, 3.05) is 22.7 Å². The third kappa shape index (κ3) is 17.6. The lowest BCUT2D eigenvalue weighted by Crippen LogP contribution is -2.60. The molecule has 3 aliphatic rings. The number of fused-ring (bicyclic) bond motifs is 2. The Hall–Kier alpha value is -7.18. The maximum absolute atomic E-state index is 15.0. The van der Waals surface area contributed by atoms with Crippen LogP contribution in [0.3, 0.4) is 0 Å². The Labute approximate surface area is 528 Å². The van der Waals surface area contributed by atoms with Crippen molar-refractivity contribution < 1.29 is 70.4 Å². The third-order valence-electron chi connectivity index (χ3n) is 16.8. The van der Waals surface area contributed by atoms with Crippen LogP contribution in [-0.2, 0) is 38.7 Å². The van der Waals surface area contributed by atoms with Gasteiger partial charge in [0.1, 0.15) is 41.5 Å². The Kier molecular flexibility index (Phi) is 23.1. The van der Waals surface area contributed by atoms with Gasteiger partial charge in [0.2, 0.25) is 27.7 Å². The first-order chi connectivity index (χ1) is 42.7. The number of carbonyl (C=O) groups is 5. The molecule has 0 radical (unpaired) electrons. The number of aryl methyl sites for hydroxylation is 1. The number of esters is 1. The minimum atomic E-state index is -5.02. The third-order valence-corrected chi connectivity index (χ3v) is 19.9. The molecule has 90 heavy (non-hydrogen) atoms. The normalized spacial score (nSPS) is 19.4. The number of benzene rings is 4. The zero-order valence-electron chi connectivity index (χ0n) is 51.8. The van der Waals surface area contributed by atoms with Gasteiger partial charge in [-0.3, -0.25) is 28.8 Å². The number of unbranched alkanes of at least 4 members (excludes halogenated alkanes) is 8. The lowest BCUT2D eigenvalue weighted by molar-refractivity contribution is -0.144. The van der Waals surface area contributed by atoms with Crippen molar-refractivity contribution in [3.05, 3.63) is 125 Å². The molecule has 0 spiro atoms. The molecular formula is C67H83F3N6O12S2. The Morgan fingerprint density at radius 1 is 0.811 bits per heavy atom. The number of carbonyl (C=O) groups excluding carboxylic acids is 4. The molecule has 0 unspecified atom stereocenters. The summed E-state index contributed by atoms with van der Waals surface area (Å²) in [5, 5.41) is 37.7. The van der Waals surface area contributed by atoms with Crippen LogP contribution < -0.4 is 25.0 Å². The van der Waals surface area contributed by atoms with Crippen molar-refractivity contribution in [1.29, 1.82) is 0 Å². The van der Waals surface area contributed by atoms with E-state index in [4.69, 9.17) is 14.6 Å². The number of thiazole rings is 1. The quantitative estimate of drug-likeness (QED) is 0.0142. The van der Waals surface area contributed by atoms with E-state index in [-0.39, 0.29) is 61.7 Å². The van der Waals surface area contributed by atoms with Gasteiger partial charge in [-0.05, 0) is 127 Å². The number of aliphatic hydroxyl groups excluding tert-OH is 1. The van der Waals surface area contributed by atoms with E-state index in [1.165, 1.54) is 40.5 Å². The number of amides is 3. The number of carboxylic acid groups (broad SMARTS) is 1. The van der Waals surface area contributed by atoms with Gasteiger partial charge >= 0.3 is 18.1 Å². The van der Waals surface area contributed by atoms with Crippen LogP contribution in [0, 0.1) is 12.3 Å². The summed E-state index contributed by atoms with van der Waals surface area (Å²) < 4.78 is 86.7. The van der Waals surface area contributed by atoms with E-state index in [0.717, 1.165) is 65.9 Å². The van der Waals surface area contributed by atoms with Gasteiger partial charge in [0.15, 0.2) is 0 Å². The van der Waals surface area contributed by atoms with E-state index in [1.807, 2.05) is 58.9 Å². The van der Waals surface area contributed by atoms with Crippen LogP contribution in [0.2, 0.25) is 0 Å². The standard InChI is InChI=1S/C67H83F3N6O12S2/c1-7-8-9-10-11-14-17-52(74-62(66(4,5)6)64(83)75-38-50(78)36-53(75)63(82)72-41(2)43-20-22-46(23-21-43)61-42(3)71-40-89-61)65(84)87-51-34-30-48(31-35-51)76(39-67(68,69)70)90(85,86)55-37-54-58(44-26-32-49(77)33-27-44)59(60(55)88-54)45-24-28-47(29-25-45)73-56(79)18-15-12-13-16-19-57(80)81/h20-35,40-41,50,52-55,60,62,74,77-78H,7-19,36-39H2,1-6H3,(H,72,82)(H,73,79)(H,80,81)/t41-,50-,52-,53+,54-,55-,60+,62-/m1/s1. The number of nitrogens with zero attached hydrogens (tertiary/aromatic N) is 3. The van der Waals surface area contributed by atoms with Crippen LogP contribution in [0.5, 0.6) is 11.5 Å². The molecule has 4 aromatic carbocycles. The monoisotopic (exact) mass is 1280 g/mol. The Bertz CT molecular complexity index is 3430. The highest BCUT2D eigenvalue weighted by Crippen LogP contribution is 2.52. The minimum Gasteiger partial charge on any atom is -0.508 e. The molecule has 3 aliphatic heterocycles. The average Bonchev–Trinajstić information content (AvgIpc) is 1.54. The summed E-state index contributed by atoms with van der Waals surface area (Å²) in [6, 6.07) is 21.6. The van der Waals surface area contributed by atoms with Gasteiger partial charge in [0.05, 0.1) is 46.1 Å². The fraction of sp³-hybridized carbons (Fsp3) is 0.493. The number of aliphatic hydroxyl groups is 1. The number of hydrogen-bond acceptors (Lipinski definition) is 14. The summed E-state index contributed by atoms with van der Waals surface area (Å²) >= 11 is 1.53. The molecule has 18 nitrogen and oxygen atoms in total. The minimum absolute atomic E-state index is 0.0114. The fourth-order valence-electron chi connectivity index (χ4n) is 12.1. The molecule has 23 heteroatoms. The SMILES string of the molecule is CCCCCCCC[C@@H](N[C@H](C(=O)N1C[C@H](O)C[C@H]1C(=O)N[C@H](C)c1ccc(-c2scnc2C)cc1)C(C)(C)C)C(=O)Oc1ccc(N(CC(F)(F)F)S(=O)(=O)[C@@H]2C[C@H]3O[C@@H]2C(c2ccc(NC(=O)CCCCCCC(=O)O)cc2)=C3c2ccc(O)cc2)cc1. The number of aromatic hydroxyl groups is 1. The van der Waals surface area contributed by atoms with E-state index in [2.05, 4.69) is 27.9 Å². The number of alkyl halides is 3. The van der Waals surface area contributed by atoms with Crippen molar-refractivity contribution in [3.8, 4) is 21.9 Å². The van der Waals surface area contributed by atoms with E-state index in [1.54, 1.807) is 41.9 Å². The molecule has 6 N–H and O–H groups in total. The van der Waals surface area contributed by atoms with Gasteiger partial charge in [-0.25, -0.2) is 18.2 Å². The lowest BCUT2D eigenvalue weighted by atomic mass is 9.83. The number of nitrogens with one attached hydrogen (secondary N) is 3. The van der Waals surface area contributed by atoms with Crippen LogP contribution in [0.4, 0.5) is 24.5 Å². The molecule has 2 bridgehead atoms. The highest BCUT2D eigenvalue weighted by molar-refractivity contribution is 7.93. The van der Waals surface area contributed by atoms with E-state index in [0.29, 0.717) is 64.4 Å². The number of β-amino-alcohol motifs (C(OH)–C–C–N with tert-alkyl or cyclic N) is 1. The van der Waals surface area contributed by atoms with Gasteiger partial charge in [0, 0.05) is 31.5 Å². The van der Waals surface area contributed by atoms with Crippen molar-refractivity contribution in [2.45, 2.75) is 192 Å². The zero-order valence-corrected chi connectivity index (χ0v) is 53.4. The number of phenols is 1. The van der Waals surface area contributed by atoms with E-state index in [9.17, 15) is 55.8 Å². The van der Waals surface area contributed by atoms with E-state index < -0.39 is 99.6 Å². The van der Waals surface area contributed by atoms with Crippen molar-refractivity contribution >= 4 is 73.5 Å². The smallest absolute Gasteiger partial charge is 0.407 e. The van der Waals surface area contributed by atoms with Crippen LogP contribution >= 0.6 is 11.3 Å². The fourth-order valence-corrected chi connectivity index (χ4v) is 14.9. The van der Waals surface area contributed by atoms with Gasteiger partial charge < -0.3 is 40.3 Å². The average molecular weight is 1290 g/mol. The topological polar surface area (TPSA) is 254 Å². The van der Waals surface area contributed by atoms with Crippen LogP contribution in [-0.4, -0.2) is 124 Å². The van der Waals surface area contributed by atoms with Crippen LogP contribution in [0.15, 0.2) is 103 Å². The second-order valence-corrected chi connectivity index (χ2v) is 27.7. The molecule has 5 aromatic rings. The van der Waals surface area contributed by atoms with Gasteiger partial charge in [-0.1, -0.05) is 128 Å². The highest BCUT2D eigenvalue weighted by Gasteiger charge is 2.55. The lowest BCUT2D eigenvalue weighted by Gasteiger charge is -2.37. The molecule has 2 fully saturated rings. The molecule has 0 saturated carbocycles. The maximum atomic E-state index is 15.0. The number of carboxylic acids is 1. The number of phenolic OH excluding ortho intramolecular Hbond substituents is 1. The molecule has 8 atom stereocenters. The number of hydrogen-bond donors (Lipinski definition) is 6. The maximum Gasteiger partial charge on any atom is 0.407 e. The summed E-state index contributed by atoms with van der Waals surface area (Å²) in [6.45, 7) is 9.29. The summed E-state index contributed by atoms with van der Waals surface area (Å²) in [4.78, 5) is 73.9. The summed E-state index contributed by atoms with van der Waals surface area (Å²) in [5.74, 6) is -3.04. The number of ether oxygens (including phenoxy) is 2. The number of aromatic nitrogens is 1. The van der Waals surface area contributed by atoms with Gasteiger partial charge in [-0.15, -0.1) is 11.3 Å². The van der Waals surface area contributed by atoms with Gasteiger partial charge in [0.25, 0.3) is 0 Å². The first-order valence-electron chi connectivity index (χ1n) is 31.0. The second kappa shape index (κ2) is 30.3. The molecular weight excluding hydrogens is 1200 g/mol. The Morgan fingerprint density at radius 2 is 1.42 bits per heavy atom. The molecule has 4 heterocycles. The number of anilines is 2. The summed E-state index contributed by atoms with van der Waals surface area (Å²) in [6.07, 6.45) is -0.206. The molecule has 2 saturated heterocycles. The molecule has 1 aromatic heterocycles. The van der Waals surface area contributed by atoms with Crippen molar-refractivity contribution in [2.24, 2.45) is 5.41 Å². The summed E-state index contributed by atoms with van der Waals surface area (Å²) in [7, 11) is -4.93. The number of likely N-dealkylation sites (tertiary alicyclic amines) is 1.